The van der Waals surface area contributed by atoms with Crippen LogP contribution in [0.3, 0.4) is 0 Å². The van der Waals surface area contributed by atoms with Gasteiger partial charge in [-0.25, -0.2) is 4.99 Å². The summed E-state index contributed by atoms with van der Waals surface area (Å²) < 4.78 is 0. The van der Waals surface area contributed by atoms with E-state index in [1.165, 1.54) is 30.6 Å². The Labute approximate surface area is 113 Å². The van der Waals surface area contributed by atoms with Crippen molar-refractivity contribution < 1.29 is 0 Å². The Bertz CT molecular complexity index is 372. The van der Waals surface area contributed by atoms with Gasteiger partial charge in [0.2, 0.25) is 0 Å². The number of thioether (sulfide) groups is 1. The predicted octanol–water partition coefficient (Wildman–Crippen LogP) is 2.38. The Morgan fingerprint density at radius 3 is 2.89 bits per heavy atom. The third kappa shape index (κ3) is 4.61. The van der Waals surface area contributed by atoms with Crippen LogP contribution in [0.15, 0.2) is 35.3 Å². The van der Waals surface area contributed by atoms with Crippen molar-refractivity contribution in [3.63, 3.8) is 0 Å². The molecule has 3 N–H and O–H groups in total. The highest BCUT2D eigenvalue weighted by molar-refractivity contribution is 7.99. The van der Waals surface area contributed by atoms with E-state index in [9.17, 15) is 0 Å². The Morgan fingerprint density at radius 1 is 1.33 bits per heavy atom. The van der Waals surface area contributed by atoms with Gasteiger partial charge in [0, 0.05) is 11.8 Å². The molecule has 1 aromatic carbocycles. The highest BCUT2D eigenvalue weighted by Crippen LogP contribution is 2.24. The van der Waals surface area contributed by atoms with Crippen molar-refractivity contribution in [2.45, 2.75) is 31.1 Å². The molecule has 0 radical (unpaired) electrons. The van der Waals surface area contributed by atoms with Gasteiger partial charge in [-0.15, -0.1) is 0 Å². The van der Waals surface area contributed by atoms with Crippen LogP contribution in [-0.2, 0) is 6.54 Å². The zero-order valence-corrected chi connectivity index (χ0v) is 11.5. The van der Waals surface area contributed by atoms with E-state index in [0.29, 0.717) is 17.8 Å². The van der Waals surface area contributed by atoms with Crippen molar-refractivity contribution in [1.82, 2.24) is 5.32 Å². The van der Waals surface area contributed by atoms with Crippen LogP contribution in [-0.4, -0.2) is 23.5 Å². The first kappa shape index (κ1) is 13.3. The maximum Gasteiger partial charge on any atom is 0.188 e. The van der Waals surface area contributed by atoms with Crippen LogP contribution in [0.5, 0.6) is 0 Å². The zero-order chi connectivity index (χ0) is 12.6. The van der Waals surface area contributed by atoms with Crippen LogP contribution in [0.4, 0.5) is 0 Å². The Balaban J connectivity index is 1.72. The molecule has 1 aliphatic heterocycles. The topological polar surface area (TPSA) is 50.4 Å². The normalized spacial score (nSPS) is 20.7. The Morgan fingerprint density at radius 2 is 2.17 bits per heavy atom. The van der Waals surface area contributed by atoms with Crippen molar-refractivity contribution in [3.05, 3.63) is 35.9 Å². The van der Waals surface area contributed by atoms with E-state index in [2.05, 4.69) is 22.4 Å². The molecule has 4 heteroatoms. The molecule has 3 nitrogen and oxygen atoms in total. The lowest BCUT2D eigenvalue weighted by Gasteiger charge is -2.21. The molecule has 0 spiro atoms. The number of rotatable bonds is 4. The first-order valence-corrected chi connectivity index (χ1v) is 7.59. The van der Waals surface area contributed by atoms with Gasteiger partial charge >= 0.3 is 0 Å². The number of hydrogen-bond donors (Lipinski definition) is 2. The molecular weight excluding hydrogens is 242 g/mol. The van der Waals surface area contributed by atoms with E-state index in [1.54, 1.807) is 0 Å². The third-order valence-electron chi connectivity index (χ3n) is 3.06. The Hall–Kier alpha value is -1.16. The number of nitrogens with two attached hydrogens (primary N) is 1. The number of aliphatic imine (C=N–C) groups is 1. The van der Waals surface area contributed by atoms with Crippen LogP contribution in [0.25, 0.3) is 0 Å². The summed E-state index contributed by atoms with van der Waals surface area (Å²) in [6.07, 6.45) is 4.00. The van der Waals surface area contributed by atoms with E-state index in [0.717, 1.165) is 6.54 Å². The monoisotopic (exact) mass is 263 g/mol. The zero-order valence-electron chi connectivity index (χ0n) is 10.6. The van der Waals surface area contributed by atoms with Crippen LogP contribution in [0.1, 0.15) is 24.8 Å². The summed E-state index contributed by atoms with van der Waals surface area (Å²) in [6, 6.07) is 10.2. The number of nitrogens with one attached hydrogen (secondary N) is 1. The van der Waals surface area contributed by atoms with E-state index >= 15 is 0 Å². The average molecular weight is 263 g/mol. The van der Waals surface area contributed by atoms with E-state index < -0.39 is 0 Å². The first-order chi connectivity index (χ1) is 8.84. The van der Waals surface area contributed by atoms with Crippen molar-refractivity contribution in [2.75, 3.05) is 12.3 Å². The number of hydrogen-bond acceptors (Lipinski definition) is 2. The number of nitrogens with zero attached hydrogens (tertiary/aromatic N) is 1. The second-order valence-electron chi connectivity index (χ2n) is 4.56. The molecule has 98 valence electrons. The molecule has 0 aromatic heterocycles. The molecule has 1 saturated heterocycles. The van der Waals surface area contributed by atoms with Gasteiger partial charge in [-0.05, 0) is 24.2 Å². The summed E-state index contributed by atoms with van der Waals surface area (Å²) >= 11 is 2.05. The van der Waals surface area contributed by atoms with Gasteiger partial charge < -0.3 is 11.1 Å². The SMILES string of the molecule is NC(=NCc1ccccc1)NCC1CCCCS1. The van der Waals surface area contributed by atoms with E-state index in [1.807, 2.05) is 30.0 Å². The molecule has 18 heavy (non-hydrogen) atoms. The molecule has 1 aromatic rings. The predicted molar refractivity (Wildman–Crippen MR) is 79.9 cm³/mol. The molecule has 1 unspecified atom stereocenters. The fourth-order valence-electron chi connectivity index (χ4n) is 2.00. The molecule has 1 heterocycles. The summed E-state index contributed by atoms with van der Waals surface area (Å²) in [7, 11) is 0. The minimum atomic E-state index is 0.560. The Kier molecular flexibility index (Phi) is 5.39. The molecule has 0 bridgehead atoms. The van der Waals surface area contributed by atoms with Crippen molar-refractivity contribution >= 4 is 17.7 Å². The lowest BCUT2D eigenvalue weighted by Crippen LogP contribution is -2.37. The van der Waals surface area contributed by atoms with Gasteiger partial charge in [0.1, 0.15) is 0 Å². The van der Waals surface area contributed by atoms with Gasteiger partial charge in [0.15, 0.2) is 5.96 Å². The van der Waals surface area contributed by atoms with Crippen LogP contribution >= 0.6 is 11.8 Å². The highest BCUT2D eigenvalue weighted by atomic mass is 32.2. The second kappa shape index (κ2) is 7.31. The maximum absolute atomic E-state index is 5.87. The van der Waals surface area contributed by atoms with Gasteiger partial charge in [0.25, 0.3) is 0 Å². The molecule has 0 saturated carbocycles. The summed E-state index contributed by atoms with van der Waals surface area (Å²) in [4.78, 5) is 4.35. The van der Waals surface area contributed by atoms with Crippen LogP contribution in [0.2, 0.25) is 0 Å². The molecule has 1 aliphatic rings. The van der Waals surface area contributed by atoms with Crippen molar-refractivity contribution in [1.29, 1.82) is 0 Å². The maximum atomic E-state index is 5.87. The minimum Gasteiger partial charge on any atom is -0.370 e. The fraction of sp³-hybridized carbons (Fsp3) is 0.500. The molecule has 1 fully saturated rings. The van der Waals surface area contributed by atoms with Gasteiger partial charge in [-0.2, -0.15) is 11.8 Å². The lowest BCUT2D eigenvalue weighted by atomic mass is 10.2. The molecule has 2 rings (SSSR count). The van der Waals surface area contributed by atoms with E-state index in [4.69, 9.17) is 5.73 Å². The molecule has 1 atom stereocenters. The van der Waals surface area contributed by atoms with E-state index in [-0.39, 0.29) is 0 Å². The van der Waals surface area contributed by atoms with Crippen LogP contribution in [0, 0.1) is 0 Å². The van der Waals surface area contributed by atoms with Gasteiger partial charge in [-0.3, -0.25) is 0 Å². The first-order valence-electron chi connectivity index (χ1n) is 6.54. The smallest absolute Gasteiger partial charge is 0.188 e. The largest absolute Gasteiger partial charge is 0.370 e. The fourth-order valence-corrected chi connectivity index (χ4v) is 3.24. The van der Waals surface area contributed by atoms with Gasteiger partial charge in [0.05, 0.1) is 6.54 Å². The standard InChI is InChI=1S/C14H21N3S/c15-14(16-10-12-6-2-1-3-7-12)17-11-13-8-4-5-9-18-13/h1-3,6-7,13H,4-5,8-11H2,(H3,15,16,17). The lowest BCUT2D eigenvalue weighted by molar-refractivity contribution is 0.647. The van der Waals surface area contributed by atoms with Crippen molar-refractivity contribution in [3.8, 4) is 0 Å². The quantitative estimate of drug-likeness (QED) is 0.648. The summed E-state index contributed by atoms with van der Waals surface area (Å²) in [5, 5.41) is 3.93. The van der Waals surface area contributed by atoms with Crippen molar-refractivity contribution in [2.24, 2.45) is 10.7 Å². The molecule has 0 amide bonds. The second-order valence-corrected chi connectivity index (χ2v) is 5.96. The summed E-state index contributed by atoms with van der Waals surface area (Å²) in [5.41, 5.74) is 7.06. The van der Waals surface area contributed by atoms with Gasteiger partial charge in [-0.1, -0.05) is 36.8 Å². The molecular formula is C14H21N3S. The summed E-state index contributed by atoms with van der Waals surface area (Å²) in [6.45, 7) is 1.59. The molecule has 0 aliphatic carbocycles. The highest BCUT2D eigenvalue weighted by Gasteiger charge is 2.13. The third-order valence-corrected chi connectivity index (χ3v) is 4.46. The average Bonchev–Trinajstić information content (AvgIpc) is 2.45. The number of benzene rings is 1. The van der Waals surface area contributed by atoms with Crippen LogP contribution < -0.4 is 11.1 Å². The number of guanidine groups is 1. The minimum absolute atomic E-state index is 0.560. The summed E-state index contributed by atoms with van der Waals surface area (Å²) in [5.74, 6) is 1.85.